The number of rotatable bonds is 7. The Labute approximate surface area is 118 Å². The van der Waals surface area contributed by atoms with Crippen LogP contribution in [0.1, 0.15) is 43.4 Å². The molecule has 112 valence electrons. The molecule has 0 aliphatic rings. The Balaban J connectivity index is 2.56. The molecule has 0 bridgehead atoms. The molecule has 0 atom stereocenters. The van der Waals surface area contributed by atoms with Crippen molar-refractivity contribution in [2.24, 2.45) is 5.92 Å². The number of nitrogens with one attached hydrogen (secondary N) is 1. The Hall–Kier alpha value is -1.92. The molecular formula is C13H22N4O3. The summed E-state index contributed by atoms with van der Waals surface area (Å²) in [7, 11) is 0. The van der Waals surface area contributed by atoms with Gasteiger partial charge in [-0.25, -0.2) is 9.48 Å². The molecule has 0 aliphatic heterocycles. The third-order valence-electron chi connectivity index (χ3n) is 2.79. The molecule has 1 heterocycles. The summed E-state index contributed by atoms with van der Waals surface area (Å²) in [6.45, 7) is 8.57. The predicted molar refractivity (Wildman–Crippen MR) is 73.2 cm³/mol. The van der Waals surface area contributed by atoms with Gasteiger partial charge in [0, 0.05) is 6.54 Å². The fourth-order valence-electron chi connectivity index (χ4n) is 1.59. The summed E-state index contributed by atoms with van der Waals surface area (Å²) in [6, 6.07) is 0. The van der Waals surface area contributed by atoms with Crippen LogP contribution in [0.3, 0.4) is 0 Å². The fraction of sp³-hybridized carbons (Fsp3) is 0.692. The van der Waals surface area contributed by atoms with Crippen LogP contribution in [-0.4, -0.2) is 40.0 Å². The molecule has 1 aromatic heterocycles. The van der Waals surface area contributed by atoms with Gasteiger partial charge in [-0.05, 0) is 26.2 Å². The molecule has 0 unspecified atom stereocenters. The summed E-state index contributed by atoms with van der Waals surface area (Å²) in [5.74, 6) is -0.121. The van der Waals surface area contributed by atoms with Gasteiger partial charge in [-0.3, -0.25) is 4.79 Å². The van der Waals surface area contributed by atoms with E-state index in [4.69, 9.17) is 4.74 Å². The van der Waals surface area contributed by atoms with Crippen LogP contribution < -0.4 is 5.32 Å². The van der Waals surface area contributed by atoms with Gasteiger partial charge in [0.2, 0.25) is 5.91 Å². The van der Waals surface area contributed by atoms with E-state index in [1.807, 2.05) is 0 Å². The van der Waals surface area contributed by atoms with Crippen molar-refractivity contribution in [1.82, 2.24) is 20.3 Å². The minimum atomic E-state index is -0.517. The standard InChI is InChI=1S/C13H22N4O3/c1-5-20-13(19)12-10(4)17(16-15-12)8-11(18)14-7-6-9(2)3/h9H,5-8H2,1-4H3,(H,14,18). The second-order valence-corrected chi connectivity index (χ2v) is 4.93. The maximum atomic E-state index is 11.7. The van der Waals surface area contributed by atoms with Crippen molar-refractivity contribution in [2.75, 3.05) is 13.2 Å². The molecule has 0 aromatic carbocycles. The lowest BCUT2D eigenvalue weighted by atomic mass is 10.1. The van der Waals surface area contributed by atoms with Crippen molar-refractivity contribution in [1.29, 1.82) is 0 Å². The molecule has 7 nitrogen and oxygen atoms in total. The minimum absolute atomic E-state index is 0.0519. The normalized spacial score (nSPS) is 10.7. The van der Waals surface area contributed by atoms with E-state index in [1.54, 1.807) is 13.8 Å². The number of carbonyl (C=O) groups excluding carboxylic acids is 2. The molecule has 0 aliphatic carbocycles. The van der Waals surface area contributed by atoms with E-state index in [9.17, 15) is 9.59 Å². The highest BCUT2D eigenvalue weighted by Crippen LogP contribution is 2.05. The van der Waals surface area contributed by atoms with Crippen LogP contribution in [-0.2, 0) is 16.1 Å². The van der Waals surface area contributed by atoms with Gasteiger partial charge in [-0.1, -0.05) is 19.1 Å². The van der Waals surface area contributed by atoms with Gasteiger partial charge in [0.05, 0.1) is 12.3 Å². The average molecular weight is 282 g/mol. The fourth-order valence-corrected chi connectivity index (χ4v) is 1.59. The lowest BCUT2D eigenvalue weighted by molar-refractivity contribution is -0.121. The van der Waals surface area contributed by atoms with E-state index in [1.165, 1.54) is 4.68 Å². The van der Waals surface area contributed by atoms with Crippen molar-refractivity contribution in [3.8, 4) is 0 Å². The molecule has 0 spiro atoms. The maximum absolute atomic E-state index is 11.7. The molecular weight excluding hydrogens is 260 g/mol. The summed E-state index contributed by atoms with van der Waals surface area (Å²) in [6.07, 6.45) is 0.927. The molecule has 1 N–H and O–H groups in total. The zero-order valence-electron chi connectivity index (χ0n) is 12.5. The SMILES string of the molecule is CCOC(=O)c1nnn(CC(=O)NCCC(C)C)c1C. The molecule has 0 radical (unpaired) electrons. The van der Waals surface area contributed by atoms with Crippen LogP contribution in [0.5, 0.6) is 0 Å². The highest BCUT2D eigenvalue weighted by molar-refractivity contribution is 5.88. The molecule has 20 heavy (non-hydrogen) atoms. The van der Waals surface area contributed by atoms with Gasteiger partial charge < -0.3 is 10.1 Å². The van der Waals surface area contributed by atoms with Crippen molar-refractivity contribution >= 4 is 11.9 Å². The highest BCUT2D eigenvalue weighted by atomic mass is 16.5. The summed E-state index contributed by atoms with van der Waals surface area (Å²) in [5.41, 5.74) is 0.685. The van der Waals surface area contributed by atoms with Gasteiger partial charge in [-0.2, -0.15) is 0 Å². The number of nitrogens with zero attached hydrogens (tertiary/aromatic N) is 3. The molecule has 7 heteroatoms. The monoisotopic (exact) mass is 282 g/mol. The van der Waals surface area contributed by atoms with Gasteiger partial charge in [0.25, 0.3) is 0 Å². The lowest BCUT2D eigenvalue weighted by Crippen LogP contribution is -2.29. The van der Waals surface area contributed by atoms with Crippen molar-refractivity contribution < 1.29 is 14.3 Å². The first-order valence-electron chi connectivity index (χ1n) is 6.79. The van der Waals surface area contributed by atoms with Gasteiger partial charge >= 0.3 is 5.97 Å². The van der Waals surface area contributed by atoms with Crippen LogP contribution in [0.4, 0.5) is 0 Å². The first kappa shape index (κ1) is 16.1. The van der Waals surface area contributed by atoms with E-state index >= 15 is 0 Å². The third-order valence-corrected chi connectivity index (χ3v) is 2.79. The summed E-state index contributed by atoms with van der Waals surface area (Å²) in [4.78, 5) is 23.3. The second-order valence-electron chi connectivity index (χ2n) is 4.93. The molecule has 1 amide bonds. The summed E-state index contributed by atoms with van der Waals surface area (Å²) in [5, 5.41) is 10.4. The Kier molecular flexibility index (Phi) is 6.14. The number of esters is 1. The number of hydrogen-bond donors (Lipinski definition) is 1. The molecule has 0 saturated heterocycles. The van der Waals surface area contributed by atoms with Crippen LogP contribution >= 0.6 is 0 Å². The molecule has 0 saturated carbocycles. The van der Waals surface area contributed by atoms with Gasteiger partial charge in [-0.15, -0.1) is 5.10 Å². The quantitative estimate of drug-likeness (QED) is 0.752. The van der Waals surface area contributed by atoms with E-state index in [-0.39, 0.29) is 24.8 Å². The minimum Gasteiger partial charge on any atom is -0.461 e. The van der Waals surface area contributed by atoms with Crippen LogP contribution in [0.15, 0.2) is 0 Å². The average Bonchev–Trinajstić information content (AvgIpc) is 2.71. The molecule has 1 aromatic rings. The van der Waals surface area contributed by atoms with E-state index < -0.39 is 5.97 Å². The largest absolute Gasteiger partial charge is 0.461 e. The van der Waals surface area contributed by atoms with Crippen LogP contribution in [0.25, 0.3) is 0 Å². The van der Waals surface area contributed by atoms with E-state index in [0.29, 0.717) is 18.2 Å². The Bertz CT molecular complexity index is 468. The van der Waals surface area contributed by atoms with Crippen molar-refractivity contribution in [2.45, 2.75) is 40.7 Å². The highest BCUT2D eigenvalue weighted by Gasteiger charge is 2.18. The predicted octanol–water partition coefficient (Wildman–Crippen LogP) is 0.926. The lowest BCUT2D eigenvalue weighted by Gasteiger charge is -2.07. The van der Waals surface area contributed by atoms with Crippen molar-refractivity contribution in [3.63, 3.8) is 0 Å². The molecule has 0 fully saturated rings. The van der Waals surface area contributed by atoms with Crippen molar-refractivity contribution in [3.05, 3.63) is 11.4 Å². The molecule has 1 rings (SSSR count). The number of ether oxygens (including phenoxy) is 1. The Morgan fingerprint density at radius 2 is 2.10 bits per heavy atom. The third kappa shape index (κ3) is 4.64. The zero-order valence-corrected chi connectivity index (χ0v) is 12.5. The van der Waals surface area contributed by atoms with Gasteiger partial charge in [0.15, 0.2) is 5.69 Å². The van der Waals surface area contributed by atoms with E-state index in [2.05, 4.69) is 29.5 Å². The smallest absolute Gasteiger partial charge is 0.360 e. The zero-order chi connectivity index (χ0) is 15.1. The number of aromatic nitrogens is 3. The first-order valence-corrected chi connectivity index (χ1v) is 6.79. The van der Waals surface area contributed by atoms with Crippen LogP contribution in [0.2, 0.25) is 0 Å². The van der Waals surface area contributed by atoms with E-state index in [0.717, 1.165) is 6.42 Å². The summed E-state index contributed by atoms with van der Waals surface area (Å²) < 4.78 is 6.26. The van der Waals surface area contributed by atoms with Gasteiger partial charge in [0.1, 0.15) is 6.54 Å². The number of amides is 1. The topological polar surface area (TPSA) is 86.1 Å². The van der Waals surface area contributed by atoms with Crippen LogP contribution in [0, 0.1) is 12.8 Å². The Morgan fingerprint density at radius 3 is 2.70 bits per heavy atom. The Morgan fingerprint density at radius 1 is 1.40 bits per heavy atom. The number of hydrogen-bond acceptors (Lipinski definition) is 5. The maximum Gasteiger partial charge on any atom is 0.360 e. The second kappa shape index (κ2) is 7.62. The summed E-state index contributed by atoms with van der Waals surface area (Å²) >= 11 is 0. The first-order chi connectivity index (χ1) is 9.45. The number of carbonyl (C=O) groups is 2.